The second-order valence-electron chi connectivity index (χ2n) is 5.35. The van der Waals surface area contributed by atoms with E-state index in [-0.39, 0.29) is 18.3 Å². The predicted octanol–water partition coefficient (Wildman–Crippen LogP) is 3.56. The van der Waals surface area contributed by atoms with Crippen molar-refractivity contribution < 1.29 is 4.79 Å². The zero-order valence-electron chi connectivity index (χ0n) is 12.2. The highest BCUT2D eigenvalue weighted by molar-refractivity contribution is 7.14. The highest BCUT2D eigenvalue weighted by atomic mass is 35.5. The van der Waals surface area contributed by atoms with Crippen molar-refractivity contribution in [3.05, 3.63) is 35.7 Å². The highest BCUT2D eigenvalue weighted by Gasteiger charge is 2.16. The number of rotatable bonds is 5. The third-order valence-corrected chi connectivity index (χ3v) is 4.52. The SMILES string of the molecule is Cl.O=C(CCC1CCNC1)Nc1nc(-c2ccccc2)cs1. The molecular weight excluding hydrogens is 318 g/mol. The molecule has 1 aliphatic heterocycles. The fourth-order valence-corrected chi connectivity index (χ4v) is 3.29. The van der Waals surface area contributed by atoms with E-state index in [0.29, 0.717) is 17.5 Å². The maximum atomic E-state index is 12.0. The maximum absolute atomic E-state index is 12.0. The van der Waals surface area contributed by atoms with Crippen molar-refractivity contribution in [2.45, 2.75) is 19.3 Å². The number of benzene rings is 1. The van der Waals surface area contributed by atoms with E-state index in [1.54, 1.807) is 0 Å². The molecule has 22 heavy (non-hydrogen) atoms. The van der Waals surface area contributed by atoms with Gasteiger partial charge in [0, 0.05) is 17.4 Å². The summed E-state index contributed by atoms with van der Waals surface area (Å²) in [5, 5.41) is 8.89. The summed E-state index contributed by atoms with van der Waals surface area (Å²) in [4.78, 5) is 16.4. The first-order chi connectivity index (χ1) is 10.3. The molecule has 0 aliphatic carbocycles. The molecule has 2 aromatic rings. The minimum Gasteiger partial charge on any atom is -0.316 e. The summed E-state index contributed by atoms with van der Waals surface area (Å²) in [7, 11) is 0. The smallest absolute Gasteiger partial charge is 0.226 e. The van der Waals surface area contributed by atoms with E-state index in [1.807, 2.05) is 35.7 Å². The Hall–Kier alpha value is -1.43. The fraction of sp³-hybridized carbons (Fsp3) is 0.375. The molecule has 1 aromatic heterocycles. The summed E-state index contributed by atoms with van der Waals surface area (Å²) >= 11 is 1.48. The quantitative estimate of drug-likeness (QED) is 0.877. The third-order valence-electron chi connectivity index (χ3n) is 3.76. The van der Waals surface area contributed by atoms with Gasteiger partial charge in [-0.2, -0.15) is 0 Å². The molecule has 1 amide bonds. The zero-order valence-corrected chi connectivity index (χ0v) is 13.9. The molecular formula is C16H20ClN3OS. The van der Waals surface area contributed by atoms with Crippen LogP contribution in [0.25, 0.3) is 11.3 Å². The van der Waals surface area contributed by atoms with Crippen LogP contribution >= 0.6 is 23.7 Å². The lowest BCUT2D eigenvalue weighted by molar-refractivity contribution is -0.116. The number of anilines is 1. The van der Waals surface area contributed by atoms with Gasteiger partial charge in [0.25, 0.3) is 0 Å². The molecule has 1 unspecified atom stereocenters. The van der Waals surface area contributed by atoms with Crippen LogP contribution in [0.15, 0.2) is 35.7 Å². The zero-order chi connectivity index (χ0) is 14.5. The van der Waals surface area contributed by atoms with Gasteiger partial charge in [0.15, 0.2) is 5.13 Å². The van der Waals surface area contributed by atoms with E-state index in [0.717, 1.165) is 30.8 Å². The number of hydrogen-bond acceptors (Lipinski definition) is 4. The number of thiazole rings is 1. The number of carbonyl (C=O) groups is 1. The Bertz CT molecular complexity index is 596. The van der Waals surface area contributed by atoms with Gasteiger partial charge in [-0.3, -0.25) is 4.79 Å². The molecule has 118 valence electrons. The first-order valence-electron chi connectivity index (χ1n) is 7.33. The van der Waals surface area contributed by atoms with Crippen LogP contribution in [-0.4, -0.2) is 24.0 Å². The van der Waals surface area contributed by atoms with Crippen LogP contribution in [0.2, 0.25) is 0 Å². The van der Waals surface area contributed by atoms with E-state index in [4.69, 9.17) is 0 Å². The standard InChI is InChI=1S/C16H19N3OS.ClH/c20-15(7-6-12-8-9-17-10-12)19-16-18-14(11-21-16)13-4-2-1-3-5-13;/h1-5,11-12,17H,6-10H2,(H,18,19,20);1H. The molecule has 1 saturated heterocycles. The number of aromatic nitrogens is 1. The second-order valence-corrected chi connectivity index (χ2v) is 6.21. The number of amides is 1. The molecule has 0 spiro atoms. The van der Waals surface area contributed by atoms with Crippen molar-refractivity contribution >= 4 is 34.8 Å². The molecule has 4 nitrogen and oxygen atoms in total. The number of carbonyl (C=O) groups excluding carboxylic acids is 1. The summed E-state index contributed by atoms with van der Waals surface area (Å²) in [5.41, 5.74) is 1.99. The Kier molecular flexibility index (Phi) is 6.36. The van der Waals surface area contributed by atoms with Crippen LogP contribution < -0.4 is 10.6 Å². The second kappa shape index (κ2) is 8.27. The van der Waals surface area contributed by atoms with Crippen LogP contribution in [0, 0.1) is 5.92 Å². The third kappa shape index (κ3) is 4.53. The lowest BCUT2D eigenvalue weighted by Crippen LogP contribution is -2.14. The Morgan fingerprint density at radius 2 is 2.18 bits per heavy atom. The maximum Gasteiger partial charge on any atom is 0.226 e. The molecule has 1 aliphatic rings. The molecule has 0 saturated carbocycles. The van der Waals surface area contributed by atoms with Crippen molar-refractivity contribution in [3.8, 4) is 11.3 Å². The van der Waals surface area contributed by atoms with Gasteiger partial charge < -0.3 is 10.6 Å². The van der Waals surface area contributed by atoms with Crippen LogP contribution in [0.4, 0.5) is 5.13 Å². The topological polar surface area (TPSA) is 54.0 Å². The van der Waals surface area contributed by atoms with Crippen molar-refractivity contribution in [1.29, 1.82) is 0 Å². The lowest BCUT2D eigenvalue weighted by atomic mass is 10.0. The van der Waals surface area contributed by atoms with Crippen molar-refractivity contribution in [1.82, 2.24) is 10.3 Å². The summed E-state index contributed by atoms with van der Waals surface area (Å²) < 4.78 is 0. The Labute approximate surface area is 140 Å². The molecule has 3 rings (SSSR count). The molecule has 0 radical (unpaired) electrons. The van der Waals surface area contributed by atoms with Gasteiger partial charge in [-0.1, -0.05) is 30.3 Å². The first-order valence-corrected chi connectivity index (χ1v) is 8.21. The first kappa shape index (κ1) is 16.9. The van der Waals surface area contributed by atoms with Gasteiger partial charge in [-0.25, -0.2) is 4.98 Å². The number of hydrogen-bond donors (Lipinski definition) is 2. The van der Waals surface area contributed by atoms with Gasteiger partial charge in [0.1, 0.15) is 0 Å². The molecule has 1 fully saturated rings. The van der Waals surface area contributed by atoms with E-state index < -0.39 is 0 Å². The number of halogens is 1. The molecule has 1 atom stereocenters. The Balaban J connectivity index is 0.00000176. The number of nitrogens with zero attached hydrogens (tertiary/aromatic N) is 1. The van der Waals surface area contributed by atoms with Crippen LogP contribution in [0.3, 0.4) is 0 Å². The van der Waals surface area contributed by atoms with Gasteiger partial charge in [0.2, 0.25) is 5.91 Å². The molecule has 1 aromatic carbocycles. The largest absolute Gasteiger partial charge is 0.316 e. The van der Waals surface area contributed by atoms with Crippen LogP contribution in [0.1, 0.15) is 19.3 Å². The van der Waals surface area contributed by atoms with Gasteiger partial charge in [-0.05, 0) is 31.8 Å². The minimum absolute atomic E-state index is 0. The molecule has 0 bridgehead atoms. The van der Waals surface area contributed by atoms with Gasteiger partial charge >= 0.3 is 0 Å². The molecule has 2 heterocycles. The monoisotopic (exact) mass is 337 g/mol. The van der Waals surface area contributed by atoms with Crippen molar-refractivity contribution in [3.63, 3.8) is 0 Å². The van der Waals surface area contributed by atoms with E-state index in [9.17, 15) is 4.79 Å². The van der Waals surface area contributed by atoms with Gasteiger partial charge in [-0.15, -0.1) is 23.7 Å². The van der Waals surface area contributed by atoms with Crippen molar-refractivity contribution in [2.24, 2.45) is 5.92 Å². The average molecular weight is 338 g/mol. The van der Waals surface area contributed by atoms with Crippen molar-refractivity contribution in [2.75, 3.05) is 18.4 Å². The summed E-state index contributed by atoms with van der Waals surface area (Å²) in [6, 6.07) is 10.0. The van der Waals surface area contributed by atoms with Crippen LogP contribution in [0.5, 0.6) is 0 Å². The summed E-state index contributed by atoms with van der Waals surface area (Å²) in [6.07, 6.45) is 2.71. The lowest BCUT2D eigenvalue weighted by Gasteiger charge is -2.07. The van der Waals surface area contributed by atoms with E-state index in [1.165, 1.54) is 17.8 Å². The normalized spacial score (nSPS) is 17.0. The van der Waals surface area contributed by atoms with E-state index >= 15 is 0 Å². The highest BCUT2D eigenvalue weighted by Crippen LogP contribution is 2.25. The number of nitrogens with one attached hydrogen (secondary N) is 2. The average Bonchev–Trinajstić information content (AvgIpc) is 3.17. The molecule has 2 N–H and O–H groups in total. The summed E-state index contributed by atoms with van der Waals surface area (Å²) in [6.45, 7) is 2.13. The van der Waals surface area contributed by atoms with Crippen LogP contribution in [-0.2, 0) is 4.79 Å². The van der Waals surface area contributed by atoms with E-state index in [2.05, 4.69) is 15.6 Å². The fourth-order valence-electron chi connectivity index (χ4n) is 2.55. The Morgan fingerprint density at radius 1 is 1.36 bits per heavy atom. The van der Waals surface area contributed by atoms with Gasteiger partial charge in [0.05, 0.1) is 5.69 Å². The molecule has 6 heteroatoms. The summed E-state index contributed by atoms with van der Waals surface area (Å²) in [5.74, 6) is 0.711. The minimum atomic E-state index is 0. The predicted molar refractivity (Wildman–Crippen MR) is 93.6 cm³/mol. The Morgan fingerprint density at radius 3 is 2.91 bits per heavy atom.